The number of carbonyl (C=O) groups is 3. The van der Waals surface area contributed by atoms with Crippen LogP contribution in [0.5, 0.6) is 0 Å². The van der Waals surface area contributed by atoms with Gasteiger partial charge in [-0.15, -0.1) is 0 Å². The van der Waals surface area contributed by atoms with E-state index in [4.69, 9.17) is 20.4 Å². The monoisotopic (exact) mass is 516 g/mol. The number of aliphatic hydroxyl groups excluding tert-OH is 1. The zero-order chi connectivity index (χ0) is 27.1. The molecule has 0 spiro atoms. The zero-order valence-corrected chi connectivity index (χ0v) is 20.9. The molecule has 0 radical (unpaired) electrons. The summed E-state index contributed by atoms with van der Waals surface area (Å²) in [7, 11) is 1.92. The summed E-state index contributed by atoms with van der Waals surface area (Å²) in [4.78, 5) is 35.2. The van der Waals surface area contributed by atoms with E-state index in [1.165, 1.54) is 0 Å². The molecule has 2 aliphatic heterocycles. The number of nitrogens with one attached hydrogen (secondary N) is 1. The van der Waals surface area contributed by atoms with E-state index >= 15 is 0 Å². The van der Waals surface area contributed by atoms with E-state index in [0.29, 0.717) is 28.7 Å². The predicted octanol–water partition coefficient (Wildman–Crippen LogP) is 2.40. The highest BCUT2D eigenvalue weighted by atomic mass is 16.5. The minimum Gasteiger partial charge on any atom is -0.481 e. The number of hydrogen-bond acceptors (Lipinski definition) is 6. The van der Waals surface area contributed by atoms with Gasteiger partial charge < -0.3 is 29.8 Å². The Labute approximate surface area is 217 Å². The van der Waals surface area contributed by atoms with Gasteiger partial charge in [-0.3, -0.25) is 19.7 Å². The summed E-state index contributed by atoms with van der Waals surface area (Å²) >= 11 is 0. The van der Waals surface area contributed by atoms with Crippen LogP contribution in [0.2, 0.25) is 0 Å². The van der Waals surface area contributed by atoms with Crippen LogP contribution in [0.1, 0.15) is 30.7 Å². The maximum Gasteiger partial charge on any atom is 0.300 e. The van der Waals surface area contributed by atoms with Crippen LogP contribution < -0.4 is 11.1 Å². The topological polar surface area (TPSA) is 149 Å². The molecule has 38 heavy (non-hydrogen) atoms. The lowest BCUT2D eigenvalue weighted by molar-refractivity contribution is -0.134. The Hall–Kier alpha value is -4.25. The Morgan fingerprint density at radius 2 is 1.53 bits per heavy atom. The summed E-state index contributed by atoms with van der Waals surface area (Å²) in [6, 6.07) is 15.2. The number of nitrogens with zero attached hydrogens (tertiary/aromatic N) is 2. The van der Waals surface area contributed by atoms with Crippen molar-refractivity contribution in [1.82, 2.24) is 14.5 Å². The van der Waals surface area contributed by atoms with Crippen LogP contribution in [0.3, 0.4) is 0 Å². The summed E-state index contributed by atoms with van der Waals surface area (Å²) in [6.07, 6.45) is 3.45. The van der Waals surface area contributed by atoms with Crippen LogP contribution in [0.4, 0.5) is 0 Å². The molecule has 1 fully saturated rings. The number of carboxylic acids is 1. The molecule has 0 unspecified atom stereocenters. The van der Waals surface area contributed by atoms with Crippen LogP contribution in [0.25, 0.3) is 33.0 Å². The summed E-state index contributed by atoms with van der Waals surface area (Å²) in [5.41, 5.74) is 10.1. The third-order valence-electron chi connectivity index (χ3n) is 6.88. The molecule has 4 aromatic rings. The van der Waals surface area contributed by atoms with Gasteiger partial charge >= 0.3 is 0 Å². The average molecular weight is 517 g/mol. The van der Waals surface area contributed by atoms with Gasteiger partial charge in [0.1, 0.15) is 6.23 Å². The Morgan fingerprint density at radius 3 is 2.11 bits per heavy atom. The summed E-state index contributed by atoms with van der Waals surface area (Å²) in [6.45, 7) is 0.928. The zero-order valence-electron chi connectivity index (χ0n) is 20.9. The van der Waals surface area contributed by atoms with Crippen molar-refractivity contribution in [2.75, 3.05) is 6.61 Å². The van der Waals surface area contributed by atoms with Crippen LogP contribution in [0, 0.1) is 0 Å². The minimum atomic E-state index is -0.833. The fourth-order valence-corrected chi connectivity index (χ4v) is 5.25. The van der Waals surface area contributed by atoms with Gasteiger partial charge in [-0.1, -0.05) is 36.4 Å². The molecule has 10 heteroatoms. The molecule has 5 N–H and O–H groups in total. The van der Waals surface area contributed by atoms with E-state index < -0.39 is 23.9 Å². The first-order valence-corrected chi connectivity index (χ1v) is 12.2. The SMILES string of the molecule is CC(=O)O.Cn1cc(C2=C(c3cn([C@@H]4C[C@@H](N)[C@@H](CO)O4)c4ccccc34)C(=O)NC2=O)c2ccccc21. The molecule has 10 nitrogen and oxygen atoms in total. The molecule has 4 heterocycles. The molecule has 2 amide bonds. The number of para-hydroxylation sites is 2. The van der Waals surface area contributed by atoms with Gasteiger partial charge in [0.25, 0.3) is 17.8 Å². The molecule has 2 aromatic carbocycles. The third kappa shape index (κ3) is 4.28. The standard InChI is InChI=1S/C26H24N4O4.C2H4O2/c1-29-11-16(14-6-2-4-8-19(14)29)23-24(26(33)28-25(23)32)17-12-30(20-9-5-3-7-15(17)20)22-10-18(27)21(13-31)34-22;1-2(3)4/h2-9,11-12,18,21-22,31H,10,13,27H2,1H3,(H,28,32,33);1H3,(H,3,4)/t18-,21-,22+;/m1./s1. The van der Waals surface area contributed by atoms with E-state index in [-0.39, 0.29) is 18.9 Å². The second kappa shape index (κ2) is 9.90. The van der Waals surface area contributed by atoms with Crippen molar-refractivity contribution in [1.29, 1.82) is 0 Å². The first-order valence-electron chi connectivity index (χ1n) is 12.2. The smallest absolute Gasteiger partial charge is 0.300 e. The number of rotatable bonds is 4. The highest BCUT2D eigenvalue weighted by Crippen LogP contribution is 2.40. The van der Waals surface area contributed by atoms with Crippen molar-refractivity contribution in [3.8, 4) is 0 Å². The summed E-state index contributed by atoms with van der Waals surface area (Å²) < 4.78 is 9.92. The van der Waals surface area contributed by atoms with Crippen LogP contribution >= 0.6 is 0 Å². The molecule has 0 aliphatic carbocycles. The van der Waals surface area contributed by atoms with Gasteiger partial charge in [0.15, 0.2) is 0 Å². The van der Waals surface area contributed by atoms with Crippen LogP contribution in [0.15, 0.2) is 60.9 Å². The van der Waals surface area contributed by atoms with Crippen molar-refractivity contribution < 1.29 is 29.3 Å². The lowest BCUT2D eigenvalue weighted by atomic mass is 9.95. The Kier molecular flexibility index (Phi) is 6.62. The molecule has 0 saturated carbocycles. The normalized spacial score (nSPS) is 21.2. The lowest BCUT2D eigenvalue weighted by Gasteiger charge is -2.15. The quantitative estimate of drug-likeness (QED) is 0.304. The second-order valence-electron chi connectivity index (χ2n) is 9.40. The molecular formula is C28H28N4O6. The largest absolute Gasteiger partial charge is 0.481 e. The molecule has 6 rings (SSSR count). The summed E-state index contributed by atoms with van der Waals surface area (Å²) in [5, 5.41) is 21.3. The maximum absolute atomic E-state index is 13.1. The number of aryl methyl sites for hydroxylation is 1. The number of nitrogens with two attached hydrogens (primary N) is 1. The van der Waals surface area contributed by atoms with Gasteiger partial charge in [-0.2, -0.15) is 0 Å². The number of aliphatic hydroxyl groups is 1. The van der Waals surface area contributed by atoms with Crippen molar-refractivity contribution in [2.24, 2.45) is 12.8 Å². The highest BCUT2D eigenvalue weighted by molar-refractivity contribution is 6.50. The van der Waals surface area contributed by atoms with Gasteiger partial charge in [0.05, 0.1) is 29.4 Å². The van der Waals surface area contributed by atoms with E-state index in [9.17, 15) is 14.7 Å². The van der Waals surface area contributed by atoms with Crippen LogP contribution in [-0.2, 0) is 26.2 Å². The molecule has 2 aliphatic rings. The minimum absolute atomic E-state index is 0.156. The van der Waals surface area contributed by atoms with Crippen molar-refractivity contribution in [2.45, 2.75) is 31.7 Å². The van der Waals surface area contributed by atoms with E-state index in [0.717, 1.165) is 28.7 Å². The van der Waals surface area contributed by atoms with E-state index in [1.807, 2.05) is 77.1 Å². The lowest BCUT2D eigenvalue weighted by Crippen LogP contribution is -2.32. The first-order chi connectivity index (χ1) is 18.2. The maximum atomic E-state index is 13.1. The third-order valence-corrected chi connectivity index (χ3v) is 6.88. The Morgan fingerprint density at radius 1 is 1.00 bits per heavy atom. The van der Waals surface area contributed by atoms with Crippen molar-refractivity contribution >= 4 is 50.7 Å². The van der Waals surface area contributed by atoms with Gasteiger partial charge in [-0.25, -0.2) is 0 Å². The molecule has 0 bridgehead atoms. The number of amides is 2. The average Bonchev–Trinajstić information content (AvgIpc) is 3.61. The van der Waals surface area contributed by atoms with Crippen molar-refractivity contribution in [3.05, 3.63) is 72.1 Å². The Balaban J connectivity index is 0.000000689. The molecule has 196 valence electrons. The molecule has 1 saturated heterocycles. The fraction of sp³-hybridized carbons (Fsp3) is 0.250. The van der Waals surface area contributed by atoms with Gasteiger partial charge in [0, 0.05) is 66.2 Å². The van der Waals surface area contributed by atoms with Gasteiger partial charge in [0.2, 0.25) is 0 Å². The number of carbonyl (C=O) groups excluding carboxylic acids is 2. The number of aromatic nitrogens is 2. The molecular weight excluding hydrogens is 488 g/mol. The fourth-order valence-electron chi connectivity index (χ4n) is 5.25. The van der Waals surface area contributed by atoms with Gasteiger partial charge in [-0.05, 0) is 12.1 Å². The number of carboxylic acid groups (broad SMARTS) is 1. The molecule has 3 atom stereocenters. The van der Waals surface area contributed by atoms with Crippen LogP contribution in [-0.4, -0.2) is 55.9 Å². The Bertz CT molecular complexity index is 1610. The number of hydrogen-bond donors (Lipinski definition) is 4. The highest BCUT2D eigenvalue weighted by Gasteiger charge is 2.37. The van der Waals surface area contributed by atoms with E-state index in [1.54, 1.807) is 0 Å². The predicted molar refractivity (Wildman–Crippen MR) is 142 cm³/mol. The number of fused-ring (bicyclic) bond motifs is 2. The number of imide groups is 1. The summed E-state index contributed by atoms with van der Waals surface area (Å²) in [5.74, 6) is -1.67. The molecule has 2 aromatic heterocycles. The van der Waals surface area contributed by atoms with E-state index in [2.05, 4.69) is 5.32 Å². The number of benzene rings is 2. The number of aliphatic carboxylic acids is 1. The number of ether oxygens (including phenoxy) is 1. The first kappa shape index (κ1) is 25.4. The second-order valence-corrected chi connectivity index (χ2v) is 9.40. The van der Waals surface area contributed by atoms with Crippen molar-refractivity contribution in [3.63, 3.8) is 0 Å².